The molecular formula is C32H27N3O4S2. The number of nitrogens with zero attached hydrogens (tertiary/aromatic N) is 3. The van der Waals surface area contributed by atoms with Gasteiger partial charge in [0.15, 0.2) is 9.84 Å². The molecule has 0 fully saturated rings. The molecule has 0 bridgehead atoms. The molecule has 7 nitrogen and oxygen atoms in total. The van der Waals surface area contributed by atoms with Gasteiger partial charge in [-0.05, 0) is 73.5 Å². The molecule has 0 atom stereocenters. The van der Waals surface area contributed by atoms with Crippen LogP contribution in [-0.4, -0.2) is 31.0 Å². The predicted molar refractivity (Wildman–Crippen MR) is 160 cm³/mol. The zero-order valence-electron chi connectivity index (χ0n) is 22.6. The molecule has 0 radical (unpaired) electrons. The van der Waals surface area contributed by atoms with Gasteiger partial charge in [-0.3, -0.25) is 4.79 Å². The van der Waals surface area contributed by atoms with Crippen molar-refractivity contribution in [3.63, 3.8) is 0 Å². The van der Waals surface area contributed by atoms with E-state index in [0.29, 0.717) is 35.0 Å². The highest BCUT2D eigenvalue weighted by Gasteiger charge is 2.27. The number of rotatable bonds is 7. The maximum atomic E-state index is 13.3. The Bertz CT molecular complexity index is 1860. The van der Waals surface area contributed by atoms with Gasteiger partial charge in [0.05, 0.1) is 21.9 Å². The van der Waals surface area contributed by atoms with Crippen LogP contribution in [0.15, 0.2) is 110 Å². The predicted octanol–water partition coefficient (Wildman–Crippen LogP) is 7.21. The summed E-state index contributed by atoms with van der Waals surface area (Å²) in [6.07, 6.45) is 0.833. The van der Waals surface area contributed by atoms with Gasteiger partial charge in [-0.15, -0.1) is 0 Å². The minimum atomic E-state index is -3.51. The van der Waals surface area contributed by atoms with E-state index in [4.69, 9.17) is 4.52 Å². The molecule has 41 heavy (non-hydrogen) atoms. The molecule has 1 aliphatic heterocycles. The molecule has 6 rings (SSSR count). The summed E-state index contributed by atoms with van der Waals surface area (Å²) in [4.78, 5) is 21.9. The third-order valence-corrected chi connectivity index (χ3v) is 9.70. The SMILES string of the molecule is CCCN1C(=O)c2ccccc2Sc2cc(-c3noc(-c4cccc(CS(=O)(=O)c5ccc(C)cc5)c4)n3)ccc21. The van der Waals surface area contributed by atoms with Crippen LogP contribution in [0.25, 0.3) is 22.8 Å². The maximum absolute atomic E-state index is 13.3. The van der Waals surface area contributed by atoms with E-state index in [-0.39, 0.29) is 16.6 Å². The first-order valence-electron chi connectivity index (χ1n) is 13.3. The molecule has 4 aromatic carbocycles. The molecule has 1 amide bonds. The van der Waals surface area contributed by atoms with E-state index in [1.807, 2.05) is 60.4 Å². The summed E-state index contributed by atoms with van der Waals surface area (Å²) in [5.74, 6) is 0.561. The second-order valence-corrected chi connectivity index (χ2v) is 13.0. The first kappa shape index (κ1) is 27.0. The van der Waals surface area contributed by atoms with Gasteiger partial charge in [-0.1, -0.05) is 65.8 Å². The molecule has 1 aromatic heterocycles. The zero-order valence-corrected chi connectivity index (χ0v) is 24.2. The summed E-state index contributed by atoms with van der Waals surface area (Å²) < 4.78 is 31.6. The Morgan fingerprint density at radius 3 is 2.49 bits per heavy atom. The summed E-state index contributed by atoms with van der Waals surface area (Å²) in [7, 11) is -3.51. The Labute approximate surface area is 243 Å². The fourth-order valence-corrected chi connectivity index (χ4v) is 7.26. The first-order valence-corrected chi connectivity index (χ1v) is 15.7. The van der Waals surface area contributed by atoms with Crippen molar-refractivity contribution in [1.29, 1.82) is 0 Å². The van der Waals surface area contributed by atoms with Crippen molar-refractivity contribution in [3.05, 3.63) is 108 Å². The largest absolute Gasteiger partial charge is 0.334 e. The second kappa shape index (κ2) is 11.0. The van der Waals surface area contributed by atoms with Gasteiger partial charge in [0.1, 0.15) is 0 Å². The fourth-order valence-electron chi connectivity index (χ4n) is 4.81. The Morgan fingerprint density at radius 1 is 0.878 bits per heavy atom. The molecule has 9 heteroatoms. The molecule has 0 spiro atoms. The maximum Gasteiger partial charge on any atom is 0.259 e. The molecule has 0 saturated heterocycles. The lowest BCUT2D eigenvalue weighted by Gasteiger charge is -2.22. The van der Waals surface area contributed by atoms with Gasteiger partial charge in [0, 0.05) is 27.5 Å². The molecule has 0 unspecified atom stereocenters. The van der Waals surface area contributed by atoms with Crippen molar-refractivity contribution < 1.29 is 17.7 Å². The van der Waals surface area contributed by atoms with Crippen LogP contribution in [0.2, 0.25) is 0 Å². The molecule has 5 aromatic rings. The average molecular weight is 582 g/mol. The van der Waals surface area contributed by atoms with E-state index in [1.54, 1.807) is 54.2 Å². The number of benzene rings is 4. The number of carbonyl (C=O) groups excluding carboxylic acids is 1. The lowest BCUT2D eigenvalue weighted by molar-refractivity contribution is 0.0984. The van der Waals surface area contributed by atoms with Crippen LogP contribution in [0, 0.1) is 6.92 Å². The molecular weight excluding hydrogens is 555 g/mol. The van der Waals surface area contributed by atoms with Gasteiger partial charge >= 0.3 is 0 Å². The lowest BCUT2D eigenvalue weighted by Crippen LogP contribution is -2.31. The summed E-state index contributed by atoms with van der Waals surface area (Å²) >= 11 is 1.55. The number of hydrogen-bond acceptors (Lipinski definition) is 7. The lowest BCUT2D eigenvalue weighted by atomic mass is 10.1. The van der Waals surface area contributed by atoms with Gasteiger partial charge in [-0.2, -0.15) is 4.98 Å². The van der Waals surface area contributed by atoms with Crippen LogP contribution in [0.4, 0.5) is 5.69 Å². The van der Waals surface area contributed by atoms with Crippen LogP contribution in [-0.2, 0) is 15.6 Å². The van der Waals surface area contributed by atoms with Crippen LogP contribution < -0.4 is 4.90 Å². The van der Waals surface area contributed by atoms with Gasteiger partial charge in [0.25, 0.3) is 11.8 Å². The second-order valence-electron chi connectivity index (χ2n) is 9.93. The van der Waals surface area contributed by atoms with Crippen molar-refractivity contribution in [1.82, 2.24) is 10.1 Å². The molecule has 0 N–H and O–H groups in total. The molecule has 206 valence electrons. The van der Waals surface area contributed by atoms with E-state index >= 15 is 0 Å². The standard InChI is InChI=1S/C32H27N3O4S2/c1-3-17-35-27-16-13-23(19-29(27)40-28-10-5-4-9-26(28)32(35)36)30-33-31(39-34-30)24-8-6-7-22(18-24)20-41(37,38)25-14-11-21(2)12-15-25/h4-16,18-19H,3,17,20H2,1-2H3. The quantitative estimate of drug-likeness (QED) is 0.201. The monoisotopic (exact) mass is 581 g/mol. The Balaban J connectivity index is 1.29. The molecule has 0 saturated carbocycles. The topological polar surface area (TPSA) is 93.4 Å². The highest BCUT2D eigenvalue weighted by molar-refractivity contribution is 7.99. The van der Waals surface area contributed by atoms with Gasteiger partial charge < -0.3 is 9.42 Å². The number of anilines is 1. The Morgan fingerprint density at radius 2 is 1.68 bits per heavy atom. The van der Waals surface area contributed by atoms with Gasteiger partial charge in [-0.25, -0.2) is 8.42 Å². The van der Waals surface area contributed by atoms with Crippen LogP contribution in [0.3, 0.4) is 0 Å². The number of hydrogen-bond donors (Lipinski definition) is 0. The average Bonchev–Trinajstić information content (AvgIpc) is 3.43. The summed E-state index contributed by atoms with van der Waals surface area (Å²) in [5.41, 5.74) is 4.57. The fraction of sp³-hybridized carbons (Fsp3) is 0.156. The highest BCUT2D eigenvalue weighted by Crippen LogP contribution is 2.43. The minimum absolute atomic E-state index is 0.00688. The van der Waals surface area contributed by atoms with Crippen LogP contribution in [0.1, 0.15) is 34.8 Å². The van der Waals surface area contributed by atoms with E-state index in [1.165, 1.54) is 0 Å². The molecule has 2 heterocycles. The van der Waals surface area contributed by atoms with Crippen molar-refractivity contribution in [2.45, 2.75) is 40.7 Å². The van der Waals surface area contributed by atoms with E-state index in [9.17, 15) is 13.2 Å². The Hall–Kier alpha value is -4.21. The van der Waals surface area contributed by atoms with Crippen LogP contribution in [0.5, 0.6) is 0 Å². The van der Waals surface area contributed by atoms with Crippen LogP contribution >= 0.6 is 11.8 Å². The molecule has 1 aliphatic rings. The number of aryl methyl sites for hydroxylation is 1. The number of sulfone groups is 1. The highest BCUT2D eigenvalue weighted by atomic mass is 32.2. The normalized spacial score (nSPS) is 13.0. The Kier molecular flexibility index (Phi) is 7.23. The smallest absolute Gasteiger partial charge is 0.259 e. The van der Waals surface area contributed by atoms with Gasteiger partial charge in [0.2, 0.25) is 5.82 Å². The van der Waals surface area contributed by atoms with Crippen molar-refractivity contribution in [2.24, 2.45) is 0 Å². The first-order chi connectivity index (χ1) is 19.8. The number of fused-ring (bicyclic) bond motifs is 2. The molecule has 0 aliphatic carbocycles. The summed E-state index contributed by atoms with van der Waals surface area (Å²) in [5, 5.41) is 4.22. The number of aromatic nitrogens is 2. The van der Waals surface area contributed by atoms with E-state index in [2.05, 4.69) is 17.1 Å². The number of amides is 1. The summed E-state index contributed by atoms with van der Waals surface area (Å²) in [6.45, 7) is 4.59. The number of carbonyl (C=O) groups is 1. The van der Waals surface area contributed by atoms with E-state index in [0.717, 1.165) is 33.0 Å². The minimum Gasteiger partial charge on any atom is -0.334 e. The summed E-state index contributed by atoms with van der Waals surface area (Å²) in [6, 6.07) is 27.5. The van der Waals surface area contributed by atoms with Crippen molar-refractivity contribution in [2.75, 3.05) is 11.4 Å². The third-order valence-electron chi connectivity index (χ3n) is 6.88. The van der Waals surface area contributed by atoms with Crippen molar-refractivity contribution in [3.8, 4) is 22.8 Å². The van der Waals surface area contributed by atoms with E-state index < -0.39 is 9.84 Å². The third kappa shape index (κ3) is 5.42. The van der Waals surface area contributed by atoms with Crippen molar-refractivity contribution >= 4 is 33.2 Å². The zero-order chi connectivity index (χ0) is 28.6.